The summed E-state index contributed by atoms with van der Waals surface area (Å²) in [5.74, 6) is -0.0408. The molecule has 0 saturated carbocycles. The van der Waals surface area contributed by atoms with E-state index in [1.165, 1.54) is 0 Å². The van der Waals surface area contributed by atoms with Crippen LogP contribution >= 0.6 is 11.6 Å². The summed E-state index contributed by atoms with van der Waals surface area (Å²) in [4.78, 5) is 16.9. The van der Waals surface area contributed by atoms with Crippen LogP contribution in [-0.2, 0) is 11.2 Å². The average Bonchev–Trinajstić information content (AvgIpc) is 2.92. The van der Waals surface area contributed by atoms with Crippen LogP contribution in [0.4, 0.5) is 5.69 Å². The predicted molar refractivity (Wildman–Crippen MR) is 100 cm³/mol. The van der Waals surface area contributed by atoms with E-state index in [0.29, 0.717) is 17.9 Å². The van der Waals surface area contributed by atoms with Gasteiger partial charge >= 0.3 is 0 Å². The van der Waals surface area contributed by atoms with Gasteiger partial charge in [-0.05, 0) is 57.4 Å². The first-order valence-corrected chi connectivity index (χ1v) is 8.62. The van der Waals surface area contributed by atoms with Crippen LogP contribution in [0, 0.1) is 27.7 Å². The number of halogens is 1. The van der Waals surface area contributed by atoms with Crippen molar-refractivity contribution in [2.75, 3.05) is 5.32 Å². The Morgan fingerprint density at radius 1 is 1.24 bits per heavy atom. The molecular formula is C19H21ClN4O. The number of carbonyl (C=O) groups is 1. The number of nitrogens with one attached hydrogen (secondary N) is 1. The molecule has 3 aromatic rings. The van der Waals surface area contributed by atoms with E-state index in [4.69, 9.17) is 11.6 Å². The second-order valence-corrected chi connectivity index (χ2v) is 6.68. The van der Waals surface area contributed by atoms with Gasteiger partial charge in [0, 0.05) is 34.6 Å². The number of aromatic nitrogens is 3. The Morgan fingerprint density at radius 3 is 2.76 bits per heavy atom. The highest BCUT2D eigenvalue weighted by atomic mass is 35.5. The minimum Gasteiger partial charge on any atom is -0.326 e. The topological polar surface area (TPSA) is 59.3 Å². The minimum atomic E-state index is -0.0408. The summed E-state index contributed by atoms with van der Waals surface area (Å²) in [6.07, 6.45) is 0.992. The number of hydrogen-bond acceptors (Lipinski definition) is 3. The van der Waals surface area contributed by atoms with Gasteiger partial charge in [-0.2, -0.15) is 5.10 Å². The van der Waals surface area contributed by atoms with Gasteiger partial charge in [0.1, 0.15) is 0 Å². The minimum absolute atomic E-state index is 0.0408. The van der Waals surface area contributed by atoms with Gasteiger partial charge < -0.3 is 5.32 Å². The molecule has 6 heteroatoms. The number of hydrogen-bond donors (Lipinski definition) is 1. The van der Waals surface area contributed by atoms with Gasteiger partial charge in [-0.15, -0.1) is 0 Å². The van der Waals surface area contributed by atoms with Gasteiger partial charge in [-0.1, -0.05) is 17.7 Å². The lowest BCUT2D eigenvalue weighted by molar-refractivity contribution is -0.116. The van der Waals surface area contributed by atoms with E-state index in [9.17, 15) is 4.79 Å². The van der Waals surface area contributed by atoms with E-state index in [-0.39, 0.29) is 5.91 Å². The van der Waals surface area contributed by atoms with Gasteiger partial charge in [0.05, 0.1) is 5.69 Å². The van der Waals surface area contributed by atoms with Gasteiger partial charge in [0.15, 0.2) is 5.65 Å². The molecule has 0 aliphatic heterocycles. The number of fused-ring (bicyclic) bond motifs is 1. The molecule has 0 radical (unpaired) electrons. The lowest BCUT2D eigenvalue weighted by Crippen LogP contribution is -2.15. The lowest BCUT2D eigenvalue weighted by Gasteiger charge is -2.12. The second-order valence-electron chi connectivity index (χ2n) is 6.28. The van der Waals surface area contributed by atoms with Gasteiger partial charge in [-0.3, -0.25) is 4.79 Å². The number of benzene rings is 1. The Balaban J connectivity index is 1.76. The summed E-state index contributed by atoms with van der Waals surface area (Å²) in [5.41, 5.74) is 6.44. The molecule has 0 saturated heterocycles. The Hall–Kier alpha value is -2.40. The Bertz CT molecular complexity index is 962. The van der Waals surface area contributed by atoms with Crippen LogP contribution in [0.15, 0.2) is 24.3 Å². The molecule has 1 amide bonds. The van der Waals surface area contributed by atoms with E-state index >= 15 is 0 Å². The SMILES string of the molecule is Cc1cc2nc(C)c(CCC(=O)Nc3cccc(Cl)c3C)c(C)n2n1. The van der Waals surface area contributed by atoms with Crippen LogP contribution in [0.25, 0.3) is 5.65 Å². The van der Waals surface area contributed by atoms with E-state index in [1.54, 1.807) is 0 Å². The third-order valence-corrected chi connectivity index (χ3v) is 4.84. The largest absolute Gasteiger partial charge is 0.326 e. The first kappa shape index (κ1) is 17.4. The molecule has 1 N–H and O–H groups in total. The average molecular weight is 357 g/mol. The van der Waals surface area contributed by atoms with E-state index in [0.717, 1.165) is 39.5 Å². The van der Waals surface area contributed by atoms with Crippen LogP contribution in [0.3, 0.4) is 0 Å². The molecule has 2 heterocycles. The smallest absolute Gasteiger partial charge is 0.224 e. The number of anilines is 1. The molecule has 0 fully saturated rings. The fraction of sp³-hybridized carbons (Fsp3) is 0.316. The summed E-state index contributed by atoms with van der Waals surface area (Å²) in [6, 6.07) is 7.46. The van der Waals surface area contributed by atoms with Crippen LogP contribution in [0.5, 0.6) is 0 Å². The lowest BCUT2D eigenvalue weighted by atomic mass is 10.1. The predicted octanol–water partition coefficient (Wildman–Crippen LogP) is 4.19. The molecule has 1 aromatic carbocycles. The molecule has 0 aliphatic carbocycles. The summed E-state index contributed by atoms with van der Waals surface area (Å²) >= 11 is 6.10. The maximum Gasteiger partial charge on any atom is 0.224 e. The zero-order valence-electron chi connectivity index (χ0n) is 14.9. The van der Waals surface area contributed by atoms with Crippen molar-refractivity contribution in [3.63, 3.8) is 0 Å². The van der Waals surface area contributed by atoms with Crippen molar-refractivity contribution in [3.05, 3.63) is 57.5 Å². The number of amides is 1. The summed E-state index contributed by atoms with van der Waals surface area (Å²) in [6.45, 7) is 7.83. The maximum absolute atomic E-state index is 12.3. The third-order valence-electron chi connectivity index (χ3n) is 4.43. The summed E-state index contributed by atoms with van der Waals surface area (Å²) < 4.78 is 1.84. The fourth-order valence-electron chi connectivity index (χ4n) is 3.00. The Morgan fingerprint density at radius 2 is 2.00 bits per heavy atom. The molecule has 0 unspecified atom stereocenters. The van der Waals surface area contributed by atoms with Crippen molar-refractivity contribution >= 4 is 28.8 Å². The summed E-state index contributed by atoms with van der Waals surface area (Å²) in [5, 5.41) is 8.05. The third kappa shape index (κ3) is 3.51. The number of rotatable bonds is 4. The van der Waals surface area contributed by atoms with Crippen molar-refractivity contribution in [1.82, 2.24) is 14.6 Å². The Labute approximate surface area is 152 Å². The Kier molecular flexibility index (Phi) is 4.77. The standard InChI is InChI=1S/C19H21ClN4O/c1-11-10-18-21-13(3)15(14(4)24(18)23-11)8-9-19(25)22-17-7-5-6-16(20)12(17)2/h5-7,10H,8-9H2,1-4H3,(H,22,25). The molecule has 25 heavy (non-hydrogen) atoms. The van der Waals surface area contributed by atoms with Crippen LogP contribution in [-0.4, -0.2) is 20.5 Å². The molecule has 0 bridgehead atoms. The number of nitrogens with zero attached hydrogens (tertiary/aromatic N) is 3. The van der Waals surface area contributed by atoms with E-state index in [2.05, 4.69) is 15.4 Å². The van der Waals surface area contributed by atoms with Crippen molar-refractivity contribution < 1.29 is 4.79 Å². The highest BCUT2D eigenvalue weighted by Crippen LogP contribution is 2.23. The fourth-order valence-corrected chi connectivity index (χ4v) is 3.17. The van der Waals surface area contributed by atoms with Crippen molar-refractivity contribution in [3.8, 4) is 0 Å². The van der Waals surface area contributed by atoms with Crippen LogP contribution in [0.1, 0.15) is 34.6 Å². The molecular weight excluding hydrogens is 336 g/mol. The quantitative estimate of drug-likeness (QED) is 0.762. The molecule has 3 rings (SSSR count). The van der Waals surface area contributed by atoms with E-state index in [1.807, 2.05) is 56.5 Å². The zero-order valence-corrected chi connectivity index (χ0v) is 15.6. The maximum atomic E-state index is 12.3. The molecule has 130 valence electrons. The monoisotopic (exact) mass is 356 g/mol. The first-order valence-electron chi connectivity index (χ1n) is 8.24. The normalized spacial score (nSPS) is 11.1. The van der Waals surface area contributed by atoms with Crippen LogP contribution < -0.4 is 5.32 Å². The van der Waals surface area contributed by atoms with Gasteiger partial charge in [-0.25, -0.2) is 9.50 Å². The van der Waals surface area contributed by atoms with Crippen molar-refractivity contribution in [1.29, 1.82) is 0 Å². The molecule has 0 atom stereocenters. The zero-order chi connectivity index (χ0) is 18.1. The first-order chi connectivity index (χ1) is 11.9. The highest BCUT2D eigenvalue weighted by molar-refractivity contribution is 6.31. The number of aryl methyl sites for hydroxylation is 3. The summed E-state index contributed by atoms with van der Waals surface area (Å²) in [7, 11) is 0. The van der Waals surface area contributed by atoms with Crippen LogP contribution in [0.2, 0.25) is 5.02 Å². The van der Waals surface area contributed by atoms with Gasteiger partial charge in [0.2, 0.25) is 5.91 Å². The van der Waals surface area contributed by atoms with Crippen molar-refractivity contribution in [2.24, 2.45) is 0 Å². The highest BCUT2D eigenvalue weighted by Gasteiger charge is 2.13. The molecule has 0 spiro atoms. The molecule has 0 aliphatic rings. The van der Waals surface area contributed by atoms with E-state index < -0.39 is 0 Å². The van der Waals surface area contributed by atoms with Gasteiger partial charge in [0.25, 0.3) is 0 Å². The van der Waals surface area contributed by atoms with Crippen molar-refractivity contribution in [2.45, 2.75) is 40.5 Å². The second kappa shape index (κ2) is 6.84. The number of carbonyl (C=O) groups excluding carboxylic acids is 1. The molecule has 5 nitrogen and oxygen atoms in total. The molecule has 2 aromatic heterocycles.